The van der Waals surface area contributed by atoms with Crippen LogP contribution in [0.5, 0.6) is 11.6 Å². The number of amides is 1. The summed E-state index contributed by atoms with van der Waals surface area (Å²) >= 11 is 0. The Morgan fingerprint density at radius 2 is 1.79 bits per heavy atom. The van der Waals surface area contributed by atoms with E-state index in [0.717, 1.165) is 31.6 Å². The number of benzene rings is 2. The number of aryl methyl sites for hydroxylation is 1. The van der Waals surface area contributed by atoms with Crippen molar-refractivity contribution in [2.45, 2.75) is 32.7 Å². The molecule has 2 aliphatic rings. The standard InChI is InChI=1S/C25H24F2N4O2/c1-16-14-17(8-9-20(16)26)33-23-19-15-31(24(32)18-6-2-3-7-21(18)27)13-10-22(19)28-25(29-23)30-11-4-5-12-30/h2-3,6-9,14H,4-5,10-13,15H2,1H3. The molecule has 3 heterocycles. The summed E-state index contributed by atoms with van der Waals surface area (Å²) in [6, 6.07) is 10.5. The average Bonchev–Trinajstić information content (AvgIpc) is 3.36. The molecular formula is C25H24F2N4O2. The molecular weight excluding hydrogens is 426 g/mol. The van der Waals surface area contributed by atoms with E-state index in [1.165, 1.54) is 18.2 Å². The summed E-state index contributed by atoms with van der Waals surface area (Å²) in [6.45, 7) is 4.06. The van der Waals surface area contributed by atoms with Crippen molar-refractivity contribution in [2.24, 2.45) is 0 Å². The number of fused-ring (bicyclic) bond motifs is 1. The van der Waals surface area contributed by atoms with Crippen LogP contribution in [0, 0.1) is 18.6 Å². The van der Waals surface area contributed by atoms with Gasteiger partial charge in [-0.1, -0.05) is 12.1 Å². The molecule has 0 aliphatic carbocycles. The van der Waals surface area contributed by atoms with Crippen molar-refractivity contribution in [3.05, 3.63) is 76.5 Å². The monoisotopic (exact) mass is 450 g/mol. The maximum absolute atomic E-state index is 14.2. The fourth-order valence-electron chi connectivity index (χ4n) is 4.29. The lowest BCUT2D eigenvalue weighted by molar-refractivity contribution is 0.0727. The Hall–Kier alpha value is -3.55. The van der Waals surface area contributed by atoms with Crippen molar-refractivity contribution in [1.29, 1.82) is 0 Å². The molecule has 1 amide bonds. The predicted molar refractivity (Wildman–Crippen MR) is 120 cm³/mol. The van der Waals surface area contributed by atoms with Crippen LogP contribution in [0.3, 0.4) is 0 Å². The molecule has 0 unspecified atom stereocenters. The lowest BCUT2D eigenvalue weighted by Crippen LogP contribution is -2.37. The zero-order valence-electron chi connectivity index (χ0n) is 18.4. The number of aromatic nitrogens is 2. The smallest absolute Gasteiger partial charge is 0.257 e. The number of hydrogen-bond acceptors (Lipinski definition) is 5. The number of nitrogens with zero attached hydrogens (tertiary/aromatic N) is 4. The van der Waals surface area contributed by atoms with Gasteiger partial charge in [-0.25, -0.2) is 13.8 Å². The van der Waals surface area contributed by atoms with Gasteiger partial charge in [-0.05, 0) is 55.7 Å². The molecule has 0 saturated carbocycles. The van der Waals surface area contributed by atoms with E-state index in [1.54, 1.807) is 36.1 Å². The normalized spacial score (nSPS) is 15.5. The summed E-state index contributed by atoms with van der Waals surface area (Å²) in [7, 11) is 0. The van der Waals surface area contributed by atoms with E-state index in [9.17, 15) is 13.6 Å². The molecule has 0 spiro atoms. The maximum Gasteiger partial charge on any atom is 0.257 e. The Morgan fingerprint density at radius 3 is 2.55 bits per heavy atom. The highest BCUT2D eigenvalue weighted by molar-refractivity contribution is 5.94. The van der Waals surface area contributed by atoms with Gasteiger partial charge in [-0.15, -0.1) is 0 Å². The molecule has 0 atom stereocenters. The second-order valence-corrected chi connectivity index (χ2v) is 8.42. The maximum atomic E-state index is 14.2. The number of ether oxygens (including phenoxy) is 1. The highest BCUT2D eigenvalue weighted by atomic mass is 19.1. The lowest BCUT2D eigenvalue weighted by atomic mass is 10.0. The lowest BCUT2D eigenvalue weighted by Gasteiger charge is -2.30. The summed E-state index contributed by atoms with van der Waals surface area (Å²) < 4.78 is 34.1. The van der Waals surface area contributed by atoms with E-state index in [1.807, 2.05) is 0 Å². The van der Waals surface area contributed by atoms with E-state index in [0.29, 0.717) is 41.7 Å². The van der Waals surface area contributed by atoms with Crippen LogP contribution in [0.2, 0.25) is 0 Å². The zero-order chi connectivity index (χ0) is 22.9. The first kappa shape index (κ1) is 21.3. The second-order valence-electron chi connectivity index (χ2n) is 8.42. The molecule has 0 N–H and O–H groups in total. The fourth-order valence-corrected chi connectivity index (χ4v) is 4.29. The van der Waals surface area contributed by atoms with Crippen LogP contribution in [0.1, 0.15) is 40.0 Å². The van der Waals surface area contributed by atoms with Gasteiger partial charge in [0.05, 0.1) is 23.4 Å². The third-order valence-corrected chi connectivity index (χ3v) is 6.13. The Bertz CT molecular complexity index is 1210. The van der Waals surface area contributed by atoms with Crippen LogP contribution in [0.15, 0.2) is 42.5 Å². The Kier molecular flexibility index (Phi) is 5.66. The first-order valence-corrected chi connectivity index (χ1v) is 11.1. The molecule has 5 rings (SSSR count). The number of rotatable bonds is 4. The third-order valence-electron chi connectivity index (χ3n) is 6.13. The van der Waals surface area contributed by atoms with Gasteiger partial charge in [-0.2, -0.15) is 4.98 Å². The second kappa shape index (κ2) is 8.77. The van der Waals surface area contributed by atoms with Crippen LogP contribution < -0.4 is 9.64 Å². The van der Waals surface area contributed by atoms with E-state index in [4.69, 9.17) is 9.72 Å². The molecule has 8 heteroatoms. The molecule has 1 saturated heterocycles. The highest BCUT2D eigenvalue weighted by Gasteiger charge is 2.29. The quantitative estimate of drug-likeness (QED) is 0.579. The van der Waals surface area contributed by atoms with E-state index in [2.05, 4.69) is 9.88 Å². The summed E-state index contributed by atoms with van der Waals surface area (Å²) in [5.74, 6) is 0.164. The van der Waals surface area contributed by atoms with Gasteiger partial charge in [0.2, 0.25) is 11.8 Å². The first-order valence-electron chi connectivity index (χ1n) is 11.1. The minimum Gasteiger partial charge on any atom is -0.438 e. The van der Waals surface area contributed by atoms with Crippen LogP contribution >= 0.6 is 0 Å². The number of anilines is 1. The van der Waals surface area contributed by atoms with Crippen LogP contribution in [0.4, 0.5) is 14.7 Å². The van der Waals surface area contributed by atoms with Crippen molar-refractivity contribution in [3.63, 3.8) is 0 Å². The van der Waals surface area contributed by atoms with Crippen molar-refractivity contribution >= 4 is 11.9 Å². The minimum absolute atomic E-state index is 0.0344. The Balaban J connectivity index is 1.50. The van der Waals surface area contributed by atoms with Gasteiger partial charge in [0.15, 0.2) is 0 Å². The average molecular weight is 450 g/mol. The largest absolute Gasteiger partial charge is 0.438 e. The molecule has 1 fully saturated rings. The molecule has 0 bridgehead atoms. The summed E-state index contributed by atoms with van der Waals surface area (Å²) in [5, 5.41) is 0. The molecule has 3 aromatic rings. The summed E-state index contributed by atoms with van der Waals surface area (Å²) in [4.78, 5) is 26.2. The number of halogens is 2. The molecule has 170 valence electrons. The Morgan fingerprint density at radius 1 is 1.00 bits per heavy atom. The number of carbonyl (C=O) groups excluding carboxylic acids is 1. The van der Waals surface area contributed by atoms with Crippen molar-refractivity contribution in [1.82, 2.24) is 14.9 Å². The van der Waals surface area contributed by atoms with Crippen LogP contribution in [-0.2, 0) is 13.0 Å². The van der Waals surface area contributed by atoms with Gasteiger partial charge in [-0.3, -0.25) is 4.79 Å². The highest BCUT2D eigenvalue weighted by Crippen LogP contribution is 2.33. The number of carbonyl (C=O) groups is 1. The molecule has 0 radical (unpaired) electrons. The van der Waals surface area contributed by atoms with Gasteiger partial charge >= 0.3 is 0 Å². The van der Waals surface area contributed by atoms with E-state index < -0.39 is 5.82 Å². The van der Waals surface area contributed by atoms with E-state index >= 15 is 0 Å². The third kappa shape index (κ3) is 4.25. The Labute approximate surface area is 190 Å². The first-order chi connectivity index (χ1) is 16.0. The predicted octanol–water partition coefficient (Wildman–Crippen LogP) is 4.65. The van der Waals surface area contributed by atoms with Crippen LogP contribution in [-0.4, -0.2) is 40.4 Å². The SMILES string of the molecule is Cc1cc(Oc2nc(N3CCCC3)nc3c2CN(C(=O)c2ccccc2F)CC3)ccc1F. The summed E-state index contributed by atoms with van der Waals surface area (Å²) in [5.41, 5.74) is 2.01. The van der Waals surface area contributed by atoms with Gasteiger partial charge in [0, 0.05) is 26.1 Å². The van der Waals surface area contributed by atoms with Gasteiger partial charge in [0.25, 0.3) is 5.91 Å². The minimum atomic E-state index is -0.549. The number of hydrogen-bond donors (Lipinski definition) is 0. The van der Waals surface area contributed by atoms with Crippen LogP contribution in [0.25, 0.3) is 0 Å². The molecule has 33 heavy (non-hydrogen) atoms. The zero-order valence-corrected chi connectivity index (χ0v) is 18.4. The fraction of sp³-hybridized carbons (Fsp3) is 0.320. The molecule has 1 aromatic heterocycles. The molecule has 2 aliphatic heterocycles. The van der Waals surface area contributed by atoms with Crippen molar-refractivity contribution in [2.75, 3.05) is 24.5 Å². The van der Waals surface area contributed by atoms with Crippen molar-refractivity contribution in [3.8, 4) is 11.6 Å². The van der Waals surface area contributed by atoms with Gasteiger partial charge in [0.1, 0.15) is 17.4 Å². The van der Waals surface area contributed by atoms with E-state index in [-0.39, 0.29) is 23.8 Å². The molecule has 6 nitrogen and oxygen atoms in total. The topological polar surface area (TPSA) is 58.6 Å². The molecule has 2 aromatic carbocycles. The van der Waals surface area contributed by atoms with Crippen molar-refractivity contribution < 1.29 is 18.3 Å². The van der Waals surface area contributed by atoms with Gasteiger partial charge < -0.3 is 14.5 Å². The summed E-state index contributed by atoms with van der Waals surface area (Å²) in [6.07, 6.45) is 2.68.